The Balaban J connectivity index is 1.84. The number of anilines is 1. The molecule has 7 heteroatoms. The molecule has 2 N–H and O–H groups in total. The zero-order valence-electron chi connectivity index (χ0n) is 13.0. The van der Waals surface area contributed by atoms with E-state index in [1.165, 1.54) is 0 Å². The van der Waals surface area contributed by atoms with Gasteiger partial charge in [-0.3, -0.25) is 9.52 Å². The number of amides is 1. The molecule has 0 aromatic heterocycles. The second-order valence-electron chi connectivity index (χ2n) is 5.79. The number of benzene rings is 2. The Morgan fingerprint density at radius 3 is 2.67 bits per heavy atom. The van der Waals surface area contributed by atoms with Crippen molar-refractivity contribution in [1.29, 1.82) is 0 Å². The zero-order chi connectivity index (χ0) is 17.3. The number of hydrogen-bond donors (Lipinski definition) is 2. The Morgan fingerprint density at radius 2 is 1.92 bits per heavy atom. The second kappa shape index (κ2) is 6.45. The first-order valence-electron chi connectivity index (χ1n) is 7.50. The third-order valence-corrected chi connectivity index (χ3v) is 4.93. The number of carbonyl (C=O) groups excluding carboxylic acids is 1. The molecule has 1 aliphatic rings. The molecule has 24 heavy (non-hydrogen) atoms. The van der Waals surface area contributed by atoms with Crippen LogP contribution in [-0.2, 0) is 16.4 Å². The Kier molecular flexibility index (Phi) is 4.51. The lowest BCUT2D eigenvalue weighted by molar-refractivity contribution is 0.0937. The number of nitrogens with one attached hydrogen (secondary N) is 2. The third kappa shape index (κ3) is 3.55. The molecule has 126 valence electrons. The minimum absolute atomic E-state index is 0.127. The first kappa shape index (κ1) is 16.8. The molecule has 0 bridgehead atoms. The number of carbonyl (C=O) groups is 1. The van der Waals surface area contributed by atoms with Crippen LogP contribution in [0.25, 0.3) is 0 Å². The van der Waals surface area contributed by atoms with Crippen molar-refractivity contribution in [3.63, 3.8) is 0 Å². The predicted octanol–water partition coefficient (Wildman–Crippen LogP) is 3.13. The van der Waals surface area contributed by atoms with Gasteiger partial charge in [-0.2, -0.15) is 0 Å². The largest absolute Gasteiger partial charge is 0.345 e. The Bertz CT molecular complexity index is 896. The Morgan fingerprint density at radius 1 is 1.17 bits per heavy atom. The highest BCUT2D eigenvalue weighted by Crippen LogP contribution is 2.35. The average Bonchev–Trinajstić information content (AvgIpc) is 2.91. The lowest BCUT2D eigenvalue weighted by Crippen LogP contribution is -2.28. The molecule has 2 aromatic carbocycles. The number of para-hydroxylation sites is 1. The van der Waals surface area contributed by atoms with Crippen molar-refractivity contribution in [2.75, 3.05) is 11.0 Å². The summed E-state index contributed by atoms with van der Waals surface area (Å²) in [6.07, 6.45) is 2.63. The summed E-state index contributed by atoms with van der Waals surface area (Å²) in [6.45, 7) is 0. The minimum atomic E-state index is -3.46. The van der Waals surface area contributed by atoms with Crippen LogP contribution in [0, 0.1) is 0 Å². The molecular weight excluding hydrogens is 348 g/mol. The van der Waals surface area contributed by atoms with Crippen LogP contribution in [0.4, 0.5) is 5.69 Å². The molecular formula is C17H17ClN2O3S. The summed E-state index contributed by atoms with van der Waals surface area (Å²) in [7, 11) is -3.46. The standard InChI is InChI=1S/C17H17ClN2O3S/c1-24(22,23)20-16-8-3-2-5-13(16)17(21)19-15-10-9-11-12(15)6-4-7-14(11)18/h2-8,15,20H,9-10H2,1H3,(H,19,21). The van der Waals surface area contributed by atoms with Crippen molar-refractivity contribution in [1.82, 2.24) is 5.32 Å². The fourth-order valence-corrected chi connectivity index (χ4v) is 3.82. The smallest absolute Gasteiger partial charge is 0.253 e. The summed E-state index contributed by atoms with van der Waals surface area (Å²) in [5.41, 5.74) is 2.64. The van der Waals surface area contributed by atoms with Crippen molar-refractivity contribution in [3.8, 4) is 0 Å². The summed E-state index contributed by atoms with van der Waals surface area (Å²) in [4.78, 5) is 12.6. The lowest BCUT2D eigenvalue weighted by Gasteiger charge is -2.16. The summed E-state index contributed by atoms with van der Waals surface area (Å²) >= 11 is 6.20. The average molecular weight is 365 g/mol. The van der Waals surface area contributed by atoms with Crippen molar-refractivity contribution in [2.45, 2.75) is 18.9 Å². The van der Waals surface area contributed by atoms with Gasteiger partial charge in [-0.15, -0.1) is 0 Å². The lowest BCUT2D eigenvalue weighted by atomic mass is 10.1. The first-order valence-corrected chi connectivity index (χ1v) is 9.77. The maximum Gasteiger partial charge on any atom is 0.253 e. The van der Waals surface area contributed by atoms with Gasteiger partial charge < -0.3 is 5.32 Å². The van der Waals surface area contributed by atoms with Crippen LogP contribution in [0.2, 0.25) is 5.02 Å². The van der Waals surface area contributed by atoms with Crippen molar-refractivity contribution in [3.05, 3.63) is 64.2 Å². The van der Waals surface area contributed by atoms with Crippen molar-refractivity contribution >= 4 is 33.2 Å². The summed E-state index contributed by atoms with van der Waals surface area (Å²) in [6, 6.07) is 12.1. The van der Waals surface area contributed by atoms with Gasteiger partial charge >= 0.3 is 0 Å². The molecule has 3 rings (SSSR count). The summed E-state index contributed by atoms with van der Waals surface area (Å²) in [5.74, 6) is -0.320. The van der Waals surface area contributed by atoms with E-state index in [9.17, 15) is 13.2 Å². The molecule has 1 atom stereocenters. The summed E-state index contributed by atoms with van der Waals surface area (Å²) in [5, 5.41) is 3.68. The first-order chi connectivity index (χ1) is 11.3. The molecule has 1 unspecified atom stereocenters. The van der Waals surface area contributed by atoms with Gasteiger partial charge in [-0.25, -0.2) is 8.42 Å². The van der Waals surface area contributed by atoms with E-state index in [1.54, 1.807) is 24.3 Å². The molecule has 1 amide bonds. The molecule has 1 aliphatic carbocycles. The number of sulfonamides is 1. The number of halogens is 1. The van der Waals surface area contributed by atoms with Gasteiger partial charge in [-0.05, 0) is 42.2 Å². The van der Waals surface area contributed by atoms with E-state index >= 15 is 0 Å². The zero-order valence-corrected chi connectivity index (χ0v) is 14.6. The van der Waals surface area contributed by atoms with E-state index < -0.39 is 10.0 Å². The van der Waals surface area contributed by atoms with E-state index in [2.05, 4.69) is 10.0 Å². The van der Waals surface area contributed by atoms with Crippen LogP contribution in [-0.4, -0.2) is 20.6 Å². The maximum absolute atomic E-state index is 12.6. The fraction of sp³-hybridized carbons (Fsp3) is 0.235. The Hall–Kier alpha value is -2.05. The second-order valence-corrected chi connectivity index (χ2v) is 7.95. The van der Waals surface area contributed by atoms with E-state index in [1.807, 2.05) is 18.2 Å². The van der Waals surface area contributed by atoms with Gasteiger partial charge in [0, 0.05) is 5.02 Å². The molecule has 0 fully saturated rings. The number of hydrogen-bond acceptors (Lipinski definition) is 3. The molecule has 0 radical (unpaired) electrons. The van der Waals surface area contributed by atoms with Crippen LogP contribution in [0.15, 0.2) is 42.5 Å². The summed E-state index contributed by atoms with van der Waals surface area (Å²) < 4.78 is 25.3. The highest BCUT2D eigenvalue weighted by atomic mass is 35.5. The normalized spacial score (nSPS) is 16.5. The van der Waals surface area contributed by atoms with E-state index in [4.69, 9.17) is 11.6 Å². The molecule has 2 aromatic rings. The van der Waals surface area contributed by atoms with Gasteiger partial charge in [0.05, 0.1) is 23.5 Å². The van der Waals surface area contributed by atoms with Gasteiger partial charge in [0.25, 0.3) is 5.91 Å². The molecule has 0 spiro atoms. The van der Waals surface area contributed by atoms with E-state index in [-0.39, 0.29) is 17.6 Å². The number of fused-ring (bicyclic) bond motifs is 1. The fourth-order valence-electron chi connectivity index (χ4n) is 2.97. The third-order valence-electron chi connectivity index (χ3n) is 3.99. The maximum atomic E-state index is 12.6. The van der Waals surface area contributed by atoms with Gasteiger partial charge in [0.15, 0.2) is 0 Å². The number of rotatable bonds is 4. The topological polar surface area (TPSA) is 75.3 Å². The minimum Gasteiger partial charge on any atom is -0.345 e. The van der Waals surface area contributed by atoms with Crippen LogP contribution < -0.4 is 10.0 Å². The van der Waals surface area contributed by atoms with Gasteiger partial charge in [0.2, 0.25) is 10.0 Å². The molecule has 0 aliphatic heterocycles. The van der Waals surface area contributed by atoms with Crippen molar-refractivity contribution < 1.29 is 13.2 Å². The highest BCUT2D eigenvalue weighted by molar-refractivity contribution is 7.92. The predicted molar refractivity (Wildman–Crippen MR) is 94.9 cm³/mol. The van der Waals surface area contributed by atoms with E-state index in [0.29, 0.717) is 10.6 Å². The highest BCUT2D eigenvalue weighted by Gasteiger charge is 2.26. The van der Waals surface area contributed by atoms with Crippen LogP contribution in [0.1, 0.15) is 33.9 Å². The Labute approximate surface area is 146 Å². The van der Waals surface area contributed by atoms with Gasteiger partial charge in [0.1, 0.15) is 0 Å². The van der Waals surface area contributed by atoms with Crippen LogP contribution in [0.3, 0.4) is 0 Å². The quantitative estimate of drug-likeness (QED) is 0.875. The molecule has 0 saturated carbocycles. The monoisotopic (exact) mass is 364 g/mol. The molecule has 0 saturated heterocycles. The molecule has 0 heterocycles. The van der Waals surface area contributed by atoms with Gasteiger partial charge in [-0.1, -0.05) is 35.9 Å². The molecule has 5 nitrogen and oxygen atoms in total. The van der Waals surface area contributed by atoms with Crippen LogP contribution >= 0.6 is 11.6 Å². The SMILES string of the molecule is CS(=O)(=O)Nc1ccccc1C(=O)NC1CCc2c(Cl)cccc21. The van der Waals surface area contributed by atoms with Crippen molar-refractivity contribution in [2.24, 2.45) is 0 Å². The van der Waals surface area contributed by atoms with E-state index in [0.717, 1.165) is 30.2 Å². The van der Waals surface area contributed by atoms with Crippen LogP contribution in [0.5, 0.6) is 0 Å².